The molecule has 2 aromatic heterocycles. The zero-order chi connectivity index (χ0) is 14.8. The molecule has 102 valence electrons. The van der Waals surface area contributed by atoms with Gasteiger partial charge in [-0.05, 0) is 23.8 Å². The Balaban J connectivity index is 2.13. The molecule has 0 fully saturated rings. The van der Waals surface area contributed by atoms with Crippen molar-refractivity contribution < 1.29 is 9.53 Å². The predicted octanol–water partition coefficient (Wildman–Crippen LogP) is 2.66. The Morgan fingerprint density at radius 1 is 1.33 bits per heavy atom. The molecule has 5 heteroatoms. The van der Waals surface area contributed by atoms with Crippen molar-refractivity contribution in [1.29, 1.82) is 5.26 Å². The molecule has 0 radical (unpaired) electrons. The van der Waals surface area contributed by atoms with Crippen LogP contribution in [0.5, 0.6) is 0 Å². The lowest BCUT2D eigenvalue weighted by molar-refractivity contribution is 0.0601. The summed E-state index contributed by atoms with van der Waals surface area (Å²) in [6.45, 7) is 0. The van der Waals surface area contributed by atoms with Gasteiger partial charge < -0.3 is 9.14 Å². The Kier molecular flexibility index (Phi) is 3.13. The summed E-state index contributed by atoms with van der Waals surface area (Å²) in [5.74, 6) is -0.372. The largest absolute Gasteiger partial charge is 0.465 e. The monoisotopic (exact) mass is 277 g/mol. The minimum absolute atomic E-state index is 0.372. The van der Waals surface area contributed by atoms with Crippen molar-refractivity contribution >= 4 is 11.5 Å². The van der Waals surface area contributed by atoms with E-state index in [4.69, 9.17) is 0 Å². The van der Waals surface area contributed by atoms with Crippen LogP contribution in [0.25, 0.3) is 16.8 Å². The van der Waals surface area contributed by atoms with Gasteiger partial charge in [-0.15, -0.1) is 0 Å². The molecule has 0 unspecified atom stereocenters. The van der Waals surface area contributed by atoms with Gasteiger partial charge in [0.25, 0.3) is 0 Å². The third-order valence-electron chi connectivity index (χ3n) is 3.30. The predicted molar refractivity (Wildman–Crippen MR) is 76.7 cm³/mol. The maximum Gasteiger partial charge on any atom is 0.337 e. The molecule has 21 heavy (non-hydrogen) atoms. The van der Waals surface area contributed by atoms with E-state index in [1.807, 2.05) is 22.6 Å². The number of esters is 1. The highest BCUT2D eigenvalue weighted by Crippen LogP contribution is 2.25. The number of rotatable bonds is 2. The Morgan fingerprint density at radius 3 is 2.76 bits per heavy atom. The summed E-state index contributed by atoms with van der Waals surface area (Å²) in [5, 5.41) is 9.19. The summed E-state index contributed by atoms with van der Waals surface area (Å²) < 4.78 is 6.58. The van der Waals surface area contributed by atoms with Crippen molar-refractivity contribution in [3.05, 3.63) is 60.0 Å². The third-order valence-corrected chi connectivity index (χ3v) is 3.30. The van der Waals surface area contributed by atoms with Crippen LogP contribution in [0.4, 0.5) is 0 Å². The number of fused-ring (bicyclic) bond motifs is 1. The summed E-state index contributed by atoms with van der Waals surface area (Å²) >= 11 is 0. The van der Waals surface area contributed by atoms with Crippen molar-refractivity contribution in [2.45, 2.75) is 0 Å². The number of carbonyl (C=O) groups excluding carboxylic acids is 1. The number of aromatic nitrogens is 2. The molecular weight excluding hydrogens is 266 g/mol. The minimum atomic E-state index is -0.372. The summed E-state index contributed by atoms with van der Waals surface area (Å²) in [4.78, 5) is 15.5. The fraction of sp³-hybridized carbons (Fsp3) is 0.0625. The fourth-order valence-electron chi connectivity index (χ4n) is 2.26. The second kappa shape index (κ2) is 5.10. The van der Waals surface area contributed by atoms with E-state index in [0.29, 0.717) is 11.1 Å². The molecule has 0 aliphatic heterocycles. The quantitative estimate of drug-likeness (QED) is 0.675. The van der Waals surface area contributed by atoms with Gasteiger partial charge in [0.2, 0.25) is 0 Å². The van der Waals surface area contributed by atoms with Crippen LogP contribution in [-0.4, -0.2) is 22.5 Å². The van der Waals surface area contributed by atoms with Crippen molar-refractivity contribution in [3.63, 3.8) is 0 Å². The highest BCUT2D eigenvalue weighted by molar-refractivity contribution is 5.90. The summed E-state index contributed by atoms with van der Waals surface area (Å²) in [6.07, 6.45) is 5.13. The Morgan fingerprint density at radius 2 is 2.10 bits per heavy atom. The van der Waals surface area contributed by atoms with Crippen LogP contribution in [-0.2, 0) is 4.74 Å². The van der Waals surface area contributed by atoms with E-state index in [1.54, 1.807) is 30.7 Å². The van der Waals surface area contributed by atoms with Gasteiger partial charge in [-0.2, -0.15) is 5.26 Å². The zero-order valence-electron chi connectivity index (χ0n) is 11.3. The van der Waals surface area contributed by atoms with Gasteiger partial charge in [0.05, 0.1) is 35.6 Å². The van der Waals surface area contributed by atoms with Gasteiger partial charge in [0, 0.05) is 12.4 Å². The molecule has 0 amide bonds. The van der Waals surface area contributed by atoms with Gasteiger partial charge >= 0.3 is 5.97 Å². The molecule has 5 nitrogen and oxygen atoms in total. The first-order valence-electron chi connectivity index (χ1n) is 6.28. The average molecular weight is 277 g/mol. The number of benzene rings is 1. The van der Waals surface area contributed by atoms with Gasteiger partial charge in [0.1, 0.15) is 6.07 Å². The zero-order valence-corrected chi connectivity index (χ0v) is 11.3. The molecule has 0 saturated heterocycles. The summed E-state index contributed by atoms with van der Waals surface area (Å²) in [5.41, 5.74) is 3.59. The minimum Gasteiger partial charge on any atom is -0.465 e. The van der Waals surface area contributed by atoms with Crippen molar-refractivity contribution in [3.8, 4) is 17.3 Å². The molecule has 1 aromatic carbocycles. The number of hydrogen-bond acceptors (Lipinski definition) is 4. The third kappa shape index (κ3) is 2.13. The van der Waals surface area contributed by atoms with Crippen molar-refractivity contribution in [2.24, 2.45) is 0 Å². The normalized spacial score (nSPS) is 10.3. The van der Waals surface area contributed by atoms with E-state index in [9.17, 15) is 10.1 Å². The maximum absolute atomic E-state index is 11.4. The van der Waals surface area contributed by atoms with Crippen molar-refractivity contribution in [1.82, 2.24) is 9.38 Å². The molecule has 0 bridgehead atoms. The molecule has 3 rings (SSSR count). The van der Waals surface area contributed by atoms with Crippen LogP contribution < -0.4 is 0 Å². The Bertz CT molecular complexity index is 857. The van der Waals surface area contributed by atoms with E-state index < -0.39 is 0 Å². The van der Waals surface area contributed by atoms with E-state index in [-0.39, 0.29) is 5.97 Å². The van der Waals surface area contributed by atoms with E-state index in [1.165, 1.54) is 7.11 Å². The van der Waals surface area contributed by atoms with Gasteiger partial charge in [-0.3, -0.25) is 4.98 Å². The first-order valence-corrected chi connectivity index (χ1v) is 6.28. The first kappa shape index (κ1) is 12.9. The van der Waals surface area contributed by atoms with Crippen LogP contribution in [0.1, 0.15) is 15.9 Å². The molecule has 0 N–H and O–H groups in total. The molecular formula is C16H11N3O2. The Hall–Kier alpha value is -3.13. The van der Waals surface area contributed by atoms with E-state index >= 15 is 0 Å². The molecule has 0 aliphatic rings. The molecule has 0 aliphatic carbocycles. The van der Waals surface area contributed by atoms with Crippen LogP contribution >= 0.6 is 0 Å². The second-order valence-electron chi connectivity index (χ2n) is 4.46. The van der Waals surface area contributed by atoms with Crippen LogP contribution in [0.2, 0.25) is 0 Å². The number of nitrogens with zero attached hydrogens (tertiary/aromatic N) is 3. The smallest absolute Gasteiger partial charge is 0.337 e. The van der Waals surface area contributed by atoms with Gasteiger partial charge in [-0.1, -0.05) is 12.1 Å². The van der Waals surface area contributed by atoms with E-state index in [0.717, 1.165) is 16.8 Å². The van der Waals surface area contributed by atoms with Gasteiger partial charge in [-0.25, -0.2) is 4.79 Å². The SMILES string of the molecule is COC(=O)c1ccc(-c2cc(C#N)c3cnccn23)cc1. The number of hydrogen-bond donors (Lipinski definition) is 0. The molecule has 3 aromatic rings. The van der Waals surface area contributed by atoms with Crippen molar-refractivity contribution in [2.75, 3.05) is 7.11 Å². The lowest BCUT2D eigenvalue weighted by Gasteiger charge is -2.04. The first-order chi connectivity index (χ1) is 10.2. The van der Waals surface area contributed by atoms with Crippen LogP contribution in [0.15, 0.2) is 48.9 Å². The highest BCUT2D eigenvalue weighted by Gasteiger charge is 2.11. The molecule has 0 saturated carbocycles. The fourth-order valence-corrected chi connectivity index (χ4v) is 2.26. The molecule has 2 heterocycles. The number of nitriles is 1. The van der Waals surface area contributed by atoms with Gasteiger partial charge in [0.15, 0.2) is 0 Å². The lowest BCUT2D eigenvalue weighted by Crippen LogP contribution is -2.00. The van der Waals surface area contributed by atoms with Crippen LogP contribution in [0, 0.1) is 11.3 Å². The second-order valence-corrected chi connectivity index (χ2v) is 4.46. The Labute approximate surface area is 121 Å². The maximum atomic E-state index is 11.4. The topological polar surface area (TPSA) is 67.4 Å². The summed E-state index contributed by atoms with van der Waals surface area (Å²) in [7, 11) is 1.35. The standard InChI is InChI=1S/C16H11N3O2/c1-21-16(20)12-4-2-11(3-5-12)14-8-13(9-17)15-10-18-6-7-19(14)15/h2-8,10H,1H3. The molecule has 0 spiro atoms. The average Bonchev–Trinajstić information content (AvgIpc) is 2.93. The number of ether oxygens (including phenoxy) is 1. The summed E-state index contributed by atoms with van der Waals surface area (Å²) in [6, 6.07) is 11.0. The highest BCUT2D eigenvalue weighted by atomic mass is 16.5. The lowest BCUT2D eigenvalue weighted by atomic mass is 10.1. The number of carbonyl (C=O) groups is 1. The number of methoxy groups -OCH3 is 1. The van der Waals surface area contributed by atoms with E-state index in [2.05, 4.69) is 15.8 Å². The molecule has 0 atom stereocenters. The van der Waals surface area contributed by atoms with Crippen LogP contribution in [0.3, 0.4) is 0 Å².